The lowest BCUT2D eigenvalue weighted by Gasteiger charge is -1.90. The van der Waals surface area contributed by atoms with Gasteiger partial charge in [0.25, 0.3) is 0 Å². The Hall–Kier alpha value is -0.780. The summed E-state index contributed by atoms with van der Waals surface area (Å²) in [7, 11) is 0. The molecule has 0 heterocycles. The third-order valence-corrected chi connectivity index (χ3v) is 3.70. The topological polar surface area (TPSA) is 0 Å². The lowest BCUT2D eigenvalue weighted by molar-refractivity contribution is 0.626. The highest BCUT2D eigenvalue weighted by molar-refractivity contribution is 5.13. The average molecular weight is 323 g/mol. The molecule has 0 spiro atoms. The summed E-state index contributed by atoms with van der Waals surface area (Å²) in [5, 5.41) is 0. The van der Waals surface area contributed by atoms with Crippen molar-refractivity contribution < 1.29 is 0 Å². The van der Waals surface area contributed by atoms with Gasteiger partial charge in [-0.3, -0.25) is 0 Å². The maximum absolute atomic E-state index is 2.22. The molecule has 0 radical (unpaired) electrons. The Balaban J connectivity index is -0.000000240. The van der Waals surface area contributed by atoms with E-state index in [-0.39, 0.29) is 0 Å². The molecule has 1 aromatic carbocycles. The third-order valence-electron chi connectivity index (χ3n) is 3.70. The molecule has 0 fully saturated rings. The molecule has 0 atom stereocenters. The van der Waals surface area contributed by atoms with Gasteiger partial charge in [-0.05, 0) is 29.7 Å². The molecule has 0 aliphatic heterocycles. The molecule has 1 rings (SSSR count). The molecule has 0 amide bonds. The minimum absolute atomic E-state index is 0.884. The highest BCUT2D eigenvalue weighted by atomic mass is 13.9. The van der Waals surface area contributed by atoms with Crippen molar-refractivity contribution in [3.8, 4) is 0 Å². The first-order valence-electron chi connectivity index (χ1n) is 9.78. The Morgan fingerprint density at radius 3 is 0.957 bits per heavy atom. The zero-order valence-corrected chi connectivity index (χ0v) is 17.9. The molecule has 0 nitrogen and oxygen atoms in total. The van der Waals surface area contributed by atoms with E-state index in [0.717, 1.165) is 24.2 Å². The van der Waals surface area contributed by atoms with Crippen LogP contribution >= 0.6 is 0 Å². The Morgan fingerprint density at radius 2 is 0.826 bits per heavy atom. The highest BCUT2D eigenvalue weighted by Crippen LogP contribution is 1.97. The van der Waals surface area contributed by atoms with E-state index in [1.807, 2.05) is 6.07 Å². The van der Waals surface area contributed by atoms with Gasteiger partial charge >= 0.3 is 0 Å². The Bertz CT molecular complexity index is 263. The number of benzene rings is 1. The second-order valence-corrected chi connectivity index (χ2v) is 7.25. The molecule has 0 N–H and O–H groups in total. The normalized spacial score (nSPS) is 9.43. The predicted molar refractivity (Wildman–Crippen MR) is 111 cm³/mol. The highest BCUT2D eigenvalue weighted by Gasteiger charge is 1.81. The first kappa shape index (κ1) is 27.1. The molecule has 0 saturated carbocycles. The SMILES string of the molecule is CCC(C)C.CCC(C)C.CCC(C)C.CCc1ccccc1. The summed E-state index contributed by atoms with van der Waals surface area (Å²) in [6.45, 7) is 22.1. The van der Waals surface area contributed by atoms with Crippen LogP contribution in [0.2, 0.25) is 0 Å². The van der Waals surface area contributed by atoms with Gasteiger partial charge in [-0.15, -0.1) is 0 Å². The molecular formula is C23H46. The van der Waals surface area contributed by atoms with Crippen LogP contribution in [0, 0.1) is 17.8 Å². The molecule has 1 aromatic rings. The first-order chi connectivity index (χ1) is 10.7. The summed E-state index contributed by atoms with van der Waals surface area (Å²) < 4.78 is 0. The van der Waals surface area contributed by atoms with E-state index in [1.165, 1.54) is 24.8 Å². The number of rotatable bonds is 4. The van der Waals surface area contributed by atoms with E-state index < -0.39 is 0 Å². The molecule has 0 heteroatoms. The van der Waals surface area contributed by atoms with Crippen molar-refractivity contribution in [2.24, 2.45) is 17.8 Å². The van der Waals surface area contributed by atoms with E-state index in [2.05, 4.69) is 93.5 Å². The summed E-state index contributed by atoms with van der Waals surface area (Å²) >= 11 is 0. The Morgan fingerprint density at radius 1 is 0.565 bits per heavy atom. The Kier molecular flexibility index (Phi) is 25.0. The van der Waals surface area contributed by atoms with Crippen LogP contribution < -0.4 is 0 Å². The zero-order valence-electron chi connectivity index (χ0n) is 17.9. The quantitative estimate of drug-likeness (QED) is 0.522. The molecule has 0 aliphatic rings. The van der Waals surface area contributed by atoms with Crippen LogP contribution in [0.5, 0.6) is 0 Å². The predicted octanol–water partition coefficient (Wildman–Crippen LogP) is 8.41. The van der Waals surface area contributed by atoms with Crippen LogP contribution in [-0.4, -0.2) is 0 Å². The smallest absolute Gasteiger partial charge is 0.0307 e. The van der Waals surface area contributed by atoms with Crippen LogP contribution in [0.1, 0.15) is 94.1 Å². The van der Waals surface area contributed by atoms with Gasteiger partial charge in [-0.25, -0.2) is 0 Å². The van der Waals surface area contributed by atoms with E-state index in [9.17, 15) is 0 Å². The lowest BCUT2D eigenvalue weighted by Crippen LogP contribution is -1.77. The number of hydrogen-bond donors (Lipinski definition) is 0. The maximum atomic E-state index is 2.22. The van der Waals surface area contributed by atoms with Crippen molar-refractivity contribution in [2.45, 2.75) is 94.9 Å². The fourth-order valence-electron chi connectivity index (χ4n) is 0.714. The molecule has 138 valence electrons. The van der Waals surface area contributed by atoms with E-state index >= 15 is 0 Å². The second kappa shape index (κ2) is 21.2. The molecule has 0 saturated heterocycles. The van der Waals surface area contributed by atoms with Crippen molar-refractivity contribution in [1.29, 1.82) is 0 Å². The molecule has 0 bridgehead atoms. The van der Waals surface area contributed by atoms with Gasteiger partial charge in [0.1, 0.15) is 0 Å². The van der Waals surface area contributed by atoms with Crippen molar-refractivity contribution >= 4 is 0 Å². The van der Waals surface area contributed by atoms with Crippen LogP contribution in [0.15, 0.2) is 30.3 Å². The summed E-state index contributed by atoms with van der Waals surface area (Å²) in [6.07, 6.45) is 5.06. The monoisotopic (exact) mass is 322 g/mol. The van der Waals surface area contributed by atoms with E-state index in [0.29, 0.717) is 0 Å². The average Bonchev–Trinajstić information content (AvgIpc) is 2.57. The first-order valence-corrected chi connectivity index (χ1v) is 9.78. The molecule has 0 aliphatic carbocycles. The standard InChI is InChI=1S/C8H10.3C5H12/c1-2-8-6-4-3-5-7-8;3*1-4-5(2)3/h3-7H,2H2,1H3;3*5H,4H2,1-3H3. The van der Waals surface area contributed by atoms with Crippen LogP contribution in [0.3, 0.4) is 0 Å². The van der Waals surface area contributed by atoms with E-state index in [1.54, 1.807) is 0 Å². The number of aryl methyl sites for hydroxylation is 1. The number of hydrogen-bond acceptors (Lipinski definition) is 0. The summed E-state index contributed by atoms with van der Waals surface area (Å²) in [4.78, 5) is 0. The van der Waals surface area contributed by atoms with Crippen molar-refractivity contribution in [1.82, 2.24) is 0 Å². The van der Waals surface area contributed by atoms with Gasteiger partial charge in [-0.2, -0.15) is 0 Å². The van der Waals surface area contributed by atoms with Gasteiger partial charge in [0, 0.05) is 0 Å². The van der Waals surface area contributed by atoms with Gasteiger partial charge in [0.2, 0.25) is 0 Å². The largest absolute Gasteiger partial charge is 0.0651 e. The van der Waals surface area contributed by atoms with Gasteiger partial charge < -0.3 is 0 Å². The van der Waals surface area contributed by atoms with Crippen LogP contribution in [0.4, 0.5) is 0 Å². The second-order valence-electron chi connectivity index (χ2n) is 7.25. The van der Waals surface area contributed by atoms with E-state index in [4.69, 9.17) is 0 Å². The summed E-state index contributed by atoms with van der Waals surface area (Å²) in [6, 6.07) is 10.5. The fourth-order valence-corrected chi connectivity index (χ4v) is 0.714. The summed E-state index contributed by atoms with van der Waals surface area (Å²) in [5.74, 6) is 2.65. The molecular weight excluding hydrogens is 276 g/mol. The van der Waals surface area contributed by atoms with Crippen molar-refractivity contribution in [2.75, 3.05) is 0 Å². The molecule has 0 aromatic heterocycles. The van der Waals surface area contributed by atoms with Gasteiger partial charge in [0.15, 0.2) is 0 Å². The maximum Gasteiger partial charge on any atom is -0.0307 e. The van der Waals surface area contributed by atoms with Crippen molar-refractivity contribution in [3.63, 3.8) is 0 Å². The molecule has 23 heavy (non-hydrogen) atoms. The zero-order chi connectivity index (χ0) is 18.7. The van der Waals surface area contributed by atoms with Crippen LogP contribution in [-0.2, 0) is 6.42 Å². The lowest BCUT2D eigenvalue weighted by atomic mass is 10.2. The summed E-state index contributed by atoms with van der Waals surface area (Å²) in [5.41, 5.74) is 1.41. The van der Waals surface area contributed by atoms with Gasteiger partial charge in [0.05, 0.1) is 0 Å². The van der Waals surface area contributed by atoms with Crippen molar-refractivity contribution in [3.05, 3.63) is 35.9 Å². The molecule has 0 unspecified atom stereocenters. The fraction of sp³-hybridized carbons (Fsp3) is 0.739. The van der Waals surface area contributed by atoms with Crippen LogP contribution in [0.25, 0.3) is 0 Å². The van der Waals surface area contributed by atoms with Gasteiger partial charge in [-0.1, -0.05) is 119 Å². The Labute approximate surface area is 149 Å². The minimum Gasteiger partial charge on any atom is -0.0651 e. The minimum atomic E-state index is 0.884. The third kappa shape index (κ3) is 33.8.